The summed E-state index contributed by atoms with van der Waals surface area (Å²) in [5, 5.41) is 5.33. The predicted molar refractivity (Wildman–Crippen MR) is 72.6 cm³/mol. The van der Waals surface area contributed by atoms with Crippen LogP contribution in [0.2, 0.25) is 0 Å². The molecule has 0 fully saturated rings. The monoisotopic (exact) mass is 283 g/mol. The highest BCUT2D eigenvalue weighted by molar-refractivity contribution is 7.10. The molecule has 0 saturated heterocycles. The Morgan fingerprint density at radius 3 is 2.79 bits per heavy atom. The summed E-state index contributed by atoms with van der Waals surface area (Å²) in [6.07, 6.45) is 0. The van der Waals surface area contributed by atoms with Crippen molar-refractivity contribution in [1.82, 2.24) is 5.32 Å². The minimum absolute atomic E-state index is 0.258. The summed E-state index contributed by atoms with van der Waals surface area (Å²) in [7, 11) is 0. The Morgan fingerprint density at radius 2 is 2.11 bits per heavy atom. The van der Waals surface area contributed by atoms with Crippen LogP contribution in [0.15, 0.2) is 35.7 Å². The molecule has 2 rings (SSSR count). The van der Waals surface area contributed by atoms with E-state index in [4.69, 9.17) is 4.74 Å². The predicted octanol–water partition coefficient (Wildman–Crippen LogP) is 3.76. The maximum absolute atomic E-state index is 12.9. The molecule has 1 aromatic heterocycles. The highest BCUT2D eigenvalue weighted by atomic mass is 32.1. The normalized spacial score (nSPS) is 12.4. The quantitative estimate of drug-likeness (QED) is 0.815. The molecular weight excluding hydrogens is 268 g/mol. The Hall–Kier alpha value is -1.46. The largest absolute Gasteiger partial charge is 0.492 e. The van der Waals surface area contributed by atoms with Gasteiger partial charge >= 0.3 is 0 Å². The number of rotatable bonds is 6. The van der Waals surface area contributed by atoms with Gasteiger partial charge in [-0.15, -0.1) is 11.3 Å². The number of nitrogens with one attached hydrogen (secondary N) is 1. The van der Waals surface area contributed by atoms with Crippen LogP contribution in [-0.4, -0.2) is 13.2 Å². The molecule has 0 spiro atoms. The van der Waals surface area contributed by atoms with Gasteiger partial charge in [0, 0.05) is 23.5 Å². The first-order valence-electron chi connectivity index (χ1n) is 6.01. The molecule has 1 heterocycles. The van der Waals surface area contributed by atoms with E-state index in [1.54, 1.807) is 11.3 Å². The van der Waals surface area contributed by atoms with Crippen molar-refractivity contribution in [2.75, 3.05) is 13.2 Å². The molecule has 5 heteroatoms. The van der Waals surface area contributed by atoms with Gasteiger partial charge in [-0.3, -0.25) is 0 Å². The fraction of sp³-hybridized carbons (Fsp3) is 0.286. The van der Waals surface area contributed by atoms with E-state index in [9.17, 15) is 8.78 Å². The van der Waals surface area contributed by atoms with Gasteiger partial charge in [-0.25, -0.2) is 8.78 Å². The molecule has 1 unspecified atom stereocenters. The Morgan fingerprint density at radius 1 is 1.26 bits per heavy atom. The van der Waals surface area contributed by atoms with Crippen molar-refractivity contribution in [2.45, 2.75) is 13.0 Å². The zero-order valence-electron chi connectivity index (χ0n) is 10.5. The van der Waals surface area contributed by atoms with E-state index < -0.39 is 11.6 Å². The first kappa shape index (κ1) is 14.0. The second kappa shape index (κ2) is 6.63. The average molecular weight is 283 g/mol. The van der Waals surface area contributed by atoms with E-state index in [1.807, 2.05) is 11.4 Å². The fourth-order valence-corrected chi connectivity index (χ4v) is 2.41. The van der Waals surface area contributed by atoms with Crippen LogP contribution in [0.1, 0.15) is 17.8 Å². The first-order valence-corrected chi connectivity index (χ1v) is 6.89. The maximum atomic E-state index is 12.9. The molecule has 1 atom stereocenters. The molecule has 102 valence electrons. The molecule has 0 aliphatic rings. The number of halogens is 2. The molecule has 0 aliphatic heterocycles. The van der Waals surface area contributed by atoms with Gasteiger partial charge < -0.3 is 10.1 Å². The summed E-state index contributed by atoms with van der Waals surface area (Å²) in [4.78, 5) is 1.26. The highest BCUT2D eigenvalue weighted by Gasteiger charge is 2.06. The Kier molecular flexibility index (Phi) is 4.87. The van der Waals surface area contributed by atoms with Crippen molar-refractivity contribution in [2.24, 2.45) is 0 Å². The van der Waals surface area contributed by atoms with Gasteiger partial charge in [-0.2, -0.15) is 0 Å². The molecule has 2 nitrogen and oxygen atoms in total. The van der Waals surface area contributed by atoms with Crippen molar-refractivity contribution < 1.29 is 13.5 Å². The van der Waals surface area contributed by atoms with Crippen molar-refractivity contribution in [1.29, 1.82) is 0 Å². The zero-order chi connectivity index (χ0) is 13.7. The van der Waals surface area contributed by atoms with Gasteiger partial charge in [-0.1, -0.05) is 6.07 Å². The second-order valence-electron chi connectivity index (χ2n) is 4.12. The van der Waals surface area contributed by atoms with Gasteiger partial charge in [0.25, 0.3) is 0 Å². The second-order valence-corrected chi connectivity index (χ2v) is 5.09. The van der Waals surface area contributed by atoms with Crippen LogP contribution in [0, 0.1) is 11.6 Å². The van der Waals surface area contributed by atoms with Crippen molar-refractivity contribution in [3.63, 3.8) is 0 Å². The van der Waals surface area contributed by atoms with E-state index in [2.05, 4.69) is 18.3 Å². The molecule has 0 aliphatic carbocycles. The summed E-state index contributed by atoms with van der Waals surface area (Å²) in [5.74, 6) is -1.42. The maximum Gasteiger partial charge on any atom is 0.162 e. The lowest BCUT2D eigenvalue weighted by Gasteiger charge is -2.12. The third-order valence-corrected chi connectivity index (χ3v) is 3.74. The number of hydrogen-bond donors (Lipinski definition) is 1. The van der Waals surface area contributed by atoms with Gasteiger partial charge in [0.2, 0.25) is 0 Å². The minimum Gasteiger partial charge on any atom is -0.492 e. The molecule has 0 radical (unpaired) electrons. The average Bonchev–Trinajstić information content (AvgIpc) is 2.92. The van der Waals surface area contributed by atoms with Crippen molar-refractivity contribution in [3.05, 3.63) is 52.2 Å². The summed E-state index contributed by atoms with van der Waals surface area (Å²) < 4.78 is 31.0. The third kappa shape index (κ3) is 4.01. The fourth-order valence-electron chi connectivity index (χ4n) is 1.65. The molecule has 2 aromatic rings. The molecule has 19 heavy (non-hydrogen) atoms. The van der Waals surface area contributed by atoms with E-state index in [0.29, 0.717) is 18.9 Å². The van der Waals surface area contributed by atoms with Gasteiger partial charge in [-0.05, 0) is 30.5 Å². The Labute approximate surface area is 115 Å². The summed E-state index contributed by atoms with van der Waals surface area (Å²) >= 11 is 1.69. The standard InChI is InChI=1S/C14H15F2NOS/c1-10(14-3-2-8-19-14)17-6-7-18-11-4-5-12(15)13(16)9-11/h2-5,8-10,17H,6-7H2,1H3. The van der Waals surface area contributed by atoms with Crippen LogP contribution in [0.5, 0.6) is 5.75 Å². The van der Waals surface area contributed by atoms with Crippen LogP contribution in [0.4, 0.5) is 8.78 Å². The first-order chi connectivity index (χ1) is 9.16. The van der Waals surface area contributed by atoms with Crippen LogP contribution in [0.25, 0.3) is 0 Å². The Bertz CT molecular complexity index is 516. The lowest BCUT2D eigenvalue weighted by molar-refractivity contribution is 0.305. The van der Waals surface area contributed by atoms with E-state index in [1.165, 1.54) is 10.9 Å². The molecule has 0 amide bonds. The van der Waals surface area contributed by atoms with Crippen LogP contribution >= 0.6 is 11.3 Å². The minimum atomic E-state index is -0.891. The van der Waals surface area contributed by atoms with Crippen LogP contribution in [0.3, 0.4) is 0 Å². The lowest BCUT2D eigenvalue weighted by atomic mass is 10.3. The number of ether oxygens (including phenoxy) is 1. The topological polar surface area (TPSA) is 21.3 Å². The van der Waals surface area contributed by atoms with Crippen molar-refractivity contribution in [3.8, 4) is 5.75 Å². The van der Waals surface area contributed by atoms with E-state index >= 15 is 0 Å². The summed E-state index contributed by atoms with van der Waals surface area (Å²) in [5.41, 5.74) is 0. The van der Waals surface area contributed by atoms with Crippen LogP contribution in [-0.2, 0) is 0 Å². The summed E-state index contributed by atoms with van der Waals surface area (Å²) in [6, 6.07) is 7.87. The van der Waals surface area contributed by atoms with E-state index in [0.717, 1.165) is 12.1 Å². The number of thiophene rings is 1. The zero-order valence-corrected chi connectivity index (χ0v) is 11.3. The molecule has 1 N–H and O–H groups in total. The van der Waals surface area contributed by atoms with Gasteiger partial charge in [0.05, 0.1) is 0 Å². The smallest absolute Gasteiger partial charge is 0.162 e. The highest BCUT2D eigenvalue weighted by Crippen LogP contribution is 2.18. The van der Waals surface area contributed by atoms with E-state index in [-0.39, 0.29) is 6.04 Å². The molecular formula is C14H15F2NOS. The lowest BCUT2D eigenvalue weighted by Crippen LogP contribution is -2.23. The Balaban J connectivity index is 1.73. The third-order valence-electron chi connectivity index (χ3n) is 2.68. The molecule has 1 aromatic carbocycles. The number of benzene rings is 1. The van der Waals surface area contributed by atoms with Crippen LogP contribution < -0.4 is 10.1 Å². The number of hydrogen-bond acceptors (Lipinski definition) is 3. The summed E-state index contributed by atoms with van der Waals surface area (Å²) in [6.45, 7) is 3.11. The molecule has 0 saturated carbocycles. The van der Waals surface area contributed by atoms with Gasteiger partial charge in [0.15, 0.2) is 11.6 Å². The SMILES string of the molecule is CC(NCCOc1ccc(F)c(F)c1)c1cccs1. The van der Waals surface area contributed by atoms with Crippen molar-refractivity contribution >= 4 is 11.3 Å². The van der Waals surface area contributed by atoms with Gasteiger partial charge in [0.1, 0.15) is 12.4 Å². The molecule has 0 bridgehead atoms.